The fourth-order valence-electron chi connectivity index (χ4n) is 4.07. The third-order valence-corrected chi connectivity index (χ3v) is 5.97. The van der Waals surface area contributed by atoms with Crippen molar-refractivity contribution < 1.29 is 0 Å². The van der Waals surface area contributed by atoms with E-state index in [1.165, 1.54) is 16.5 Å². The Morgan fingerprint density at radius 2 is 1.91 bits per heavy atom. The Labute approximate surface area is 213 Å². The highest BCUT2D eigenvalue weighted by Gasteiger charge is 2.21. The standard InChI is InChI=1S/C25H33N7.HI/c1-18-9-10-23(27-16-18)32-13-11-20(12-14-32)29-25(26-2)28-17-19-15-24(31(3)4)30-22-8-6-5-7-21(19)22;/h5-10,15-16,20H,11-14,17H2,1-4H3,(H2,26,28,29);1H. The van der Waals surface area contributed by atoms with Crippen molar-refractivity contribution in [2.45, 2.75) is 32.4 Å². The number of nitrogens with zero attached hydrogens (tertiary/aromatic N) is 5. The minimum Gasteiger partial charge on any atom is -0.363 e. The summed E-state index contributed by atoms with van der Waals surface area (Å²) in [6.45, 7) is 4.75. The molecule has 1 aliphatic rings. The van der Waals surface area contributed by atoms with Gasteiger partial charge < -0.3 is 20.4 Å². The molecule has 0 atom stereocenters. The summed E-state index contributed by atoms with van der Waals surface area (Å²) in [6, 6.07) is 15.1. The van der Waals surface area contributed by atoms with Crippen LogP contribution in [0.25, 0.3) is 10.9 Å². The fraction of sp³-hybridized carbons (Fsp3) is 0.400. The first kappa shape index (κ1) is 25.0. The van der Waals surface area contributed by atoms with Crippen LogP contribution < -0.4 is 20.4 Å². The number of fused-ring (bicyclic) bond motifs is 1. The molecule has 1 aliphatic heterocycles. The van der Waals surface area contributed by atoms with E-state index in [0.29, 0.717) is 12.6 Å². The third kappa shape index (κ3) is 6.25. The lowest BCUT2D eigenvalue weighted by Crippen LogP contribution is -2.48. The van der Waals surface area contributed by atoms with E-state index in [2.05, 4.69) is 68.8 Å². The molecule has 0 saturated carbocycles. The van der Waals surface area contributed by atoms with E-state index >= 15 is 0 Å². The summed E-state index contributed by atoms with van der Waals surface area (Å²) in [7, 11) is 5.87. The molecule has 7 nitrogen and oxygen atoms in total. The van der Waals surface area contributed by atoms with Crippen LogP contribution in [-0.2, 0) is 6.54 Å². The van der Waals surface area contributed by atoms with Crippen LogP contribution in [0.3, 0.4) is 0 Å². The lowest BCUT2D eigenvalue weighted by molar-refractivity contribution is 0.459. The van der Waals surface area contributed by atoms with Gasteiger partial charge in [-0.15, -0.1) is 24.0 Å². The monoisotopic (exact) mass is 559 g/mol. The second-order valence-corrected chi connectivity index (χ2v) is 8.58. The topological polar surface area (TPSA) is 68.7 Å². The van der Waals surface area contributed by atoms with E-state index in [4.69, 9.17) is 4.98 Å². The van der Waals surface area contributed by atoms with Gasteiger partial charge in [0.05, 0.1) is 5.52 Å². The second kappa shape index (κ2) is 11.5. The summed E-state index contributed by atoms with van der Waals surface area (Å²) in [6.07, 6.45) is 4.05. The number of hydrogen-bond acceptors (Lipinski definition) is 5. The number of nitrogens with one attached hydrogen (secondary N) is 2. The molecule has 0 aliphatic carbocycles. The maximum absolute atomic E-state index is 4.76. The molecule has 0 unspecified atom stereocenters. The van der Waals surface area contributed by atoms with Gasteiger partial charge in [-0.2, -0.15) is 0 Å². The lowest BCUT2D eigenvalue weighted by atomic mass is 10.1. The van der Waals surface area contributed by atoms with Gasteiger partial charge in [0.25, 0.3) is 0 Å². The average Bonchev–Trinajstić information content (AvgIpc) is 2.82. The number of aliphatic imine (C=N–C) groups is 1. The number of halogens is 1. The van der Waals surface area contributed by atoms with Crippen LogP contribution >= 0.6 is 24.0 Å². The lowest BCUT2D eigenvalue weighted by Gasteiger charge is -2.33. The van der Waals surface area contributed by atoms with E-state index in [0.717, 1.165) is 49.0 Å². The van der Waals surface area contributed by atoms with E-state index in [1.54, 1.807) is 0 Å². The average molecular weight is 560 g/mol. The maximum Gasteiger partial charge on any atom is 0.191 e. The van der Waals surface area contributed by atoms with Crippen molar-refractivity contribution >= 4 is 52.5 Å². The van der Waals surface area contributed by atoms with Crippen LogP contribution in [-0.4, -0.2) is 56.2 Å². The third-order valence-electron chi connectivity index (χ3n) is 5.97. The van der Waals surface area contributed by atoms with Crippen LogP contribution in [0.5, 0.6) is 0 Å². The second-order valence-electron chi connectivity index (χ2n) is 8.58. The zero-order valence-corrected chi connectivity index (χ0v) is 22.2. The number of aromatic nitrogens is 2. The van der Waals surface area contributed by atoms with Crippen molar-refractivity contribution in [1.82, 2.24) is 20.6 Å². The summed E-state index contributed by atoms with van der Waals surface area (Å²) in [5.74, 6) is 2.86. The molecule has 176 valence electrons. The summed E-state index contributed by atoms with van der Waals surface area (Å²) in [5.41, 5.74) is 3.41. The van der Waals surface area contributed by atoms with Crippen molar-refractivity contribution in [1.29, 1.82) is 0 Å². The molecule has 8 heteroatoms. The van der Waals surface area contributed by atoms with Crippen molar-refractivity contribution in [2.24, 2.45) is 4.99 Å². The smallest absolute Gasteiger partial charge is 0.191 e. The quantitative estimate of drug-likeness (QED) is 0.281. The summed E-state index contributed by atoms with van der Waals surface area (Å²) in [5, 5.41) is 8.28. The van der Waals surface area contributed by atoms with Gasteiger partial charge in [0.2, 0.25) is 0 Å². The maximum atomic E-state index is 4.76. The normalized spacial score (nSPS) is 14.7. The highest BCUT2D eigenvalue weighted by molar-refractivity contribution is 14.0. The molecule has 4 rings (SSSR count). The minimum atomic E-state index is 0. The first-order valence-corrected chi connectivity index (χ1v) is 11.2. The van der Waals surface area contributed by atoms with Gasteiger partial charge in [0.15, 0.2) is 5.96 Å². The number of aryl methyl sites for hydroxylation is 1. The van der Waals surface area contributed by atoms with Crippen LogP contribution in [0.1, 0.15) is 24.0 Å². The SMILES string of the molecule is CN=C(NCc1cc(N(C)C)nc2ccccc12)NC1CCN(c2ccc(C)cn2)CC1.I. The molecule has 1 aromatic carbocycles. The molecule has 3 heterocycles. The number of pyridine rings is 2. The van der Waals surface area contributed by atoms with E-state index in [-0.39, 0.29) is 24.0 Å². The molecule has 0 radical (unpaired) electrons. The number of guanidine groups is 1. The van der Waals surface area contributed by atoms with Gasteiger partial charge in [-0.25, -0.2) is 9.97 Å². The Balaban J connectivity index is 0.00000306. The van der Waals surface area contributed by atoms with Crippen LogP contribution in [0.2, 0.25) is 0 Å². The molecule has 1 saturated heterocycles. The largest absolute Gasteiger partial charge is 0.363 e. The van der Waals surface area contributed by atoms with Gasteiger partial charge in [-0.1, -0.05) is 24.3 Å². The Morgan fingerprint density at radius 3 is 2.58 bits per heavy atom. The Kier molecular flexibility index (Phi) is 8.71. The predicted octanol–water partition coefficient (Wildman–Crippen LogP) is 3.96. The van der Waals surface area contributed by atoms with E-state index in [9.17, 15) is 0 Å². The molecular weight excluding hydrogens is 525 g/mol. The number of anilines is 2. The van der Waals surface area contributed by atoms with Crippen molar-refractivity contribution in [3.8, 4) is 0 Å². The molecule has 0 amide bonds. The van der Waals surface area contributed by atoms with E-state index < -0.39 is 0 Å². The first-order valence-electron chi connectivity index (χ1n) is 11.2. The number of hydrogen-bond donors (Lipinski definition) is 2. The molecule has 3 aromatic rings. The van der Waals surface area contributed by atoms with Crippen molar-refractivity contribution in [3.63, 3.8) is 0 Å². The molecular formula is C25H34IN7. The Bertz CT molecular complexity index is 1070. The molecule has 33 heavy (non-hydrogen) atoms. The zero-order chi connectivity index (χ0) is 22.5. The highest BCUT2D eigenvalue weighted by Crippen LogP contribution is 2.22. The van der Waals surface area contributed by atoms with Gasteiger partial charge in [-0.05, 0) is 49.1 Å². The predicted molar refractivity (Wildman–Crippen MR) is 149 cm³/mol. The highest BCUT2D eigenvalue weighted by atomic mass is 127. The number of para-hydroxylation sites is 1. The van der Waals surface area contributed by atoms with Gasteiger partial charge in [0.1, 0.15) is 11.6 Å². The number of piperidine rings is 1. The molecule has 0 spiro atoms. The summed E-state index contributed by atoms with van der Waals surface area (Å²) < 4.78 is 0. The van der Waals surface area contributed by atoms with Gasteiger partial charge in [-0.3, -0.25) is 4.99 Å². The Hall–Kier alpha value is -2.62. The number of benzene rings is 1. The zero-order valence-electron chi connectivity index (χ0n) is 19.9. The minimum absolute atomic E-state index is 0. The number of rotatable bonds is 5. The molecule has 1 fully saturated rings. The molecule has 2 N–H and O–H groups in total. The van der Waals surface area contributed by atoms with Gasteiger partial charge >= 0.3 is 0 Å². The summed E-state index contributed by atoms with van der Waals surface area (Å²) in [4.78, 5) is 18.2. The molecule has 2 aromatic heterocycles. The van der Waals surface area contributed by atoms with Crippen LogP contribution in [0.15, 0.2) is 53.7 Å². The van der Waals surface area contributed by atoms with Crippen LogP contribution in [0.4, 0.5) is 11.6 Å². The first-order chi connectivity index (χ1) is 15.5. The van der Waals surface area contributed by atoms with E-state index in [1.807, 2.05) is 38.3 Å². The van der Waals surface area contributed by atoms with Crippen molar-refractivity contribution in [2.75, 3.05) is 44.0 Å². The fourth-order valence-corrected chi connectivity index (χ4v) is 4.07. The molecule has 0 bridgehead atoms. The Morgan fingerprint density at radius 1 is 1.15 bits per heavy atom. The van der Waals surface area contributed by atoms with Gasteiger partial charge in [0, 0.05) is 58.4 Å². The van der Waals surface area contributed by atoms with Crippen LogP contribution in [0, 0.1) is 6.92 Å². The van der Waals surface area contributed by atoms with Crippen molar-refractivity contribution in [3.05, 3.63) is 59.8 Å². The summed E-state index contributed by atoms with van der Waals surface area (Å²) >= 11 is 0.